The van der Waals surface area contributed by atoms with E-state index < -0.39 is 0 Å². The van der Waals surface area contributed by atoms with E-state index in [-0.39, 0.29) is 18.2 Å². The summed E-state index contributed by atoms with van der Waals surface area (Å²) in [7, 11) is 0. The molecule has 0 atom stereocenters. The zero-order valence-corrected chi connectivity index (χ0v) is 11.3. The van der Waals surface area contributed by atoms with Crippen molar-refractivity contribution >= 4 is 23.2 Å². The van der Waals surface area contributed by atoms with E-state index in [2.05, 4.69) is 5.32 Å². The van der Waals surface area contributed by atoms with Crippen molar-refractivity contribution in [3.8, 4) is 0 Å². The number of para-hydroxylation sites is 2. The number of rotatable bonds is 3. The van der Waals surface area contributed by atoms with Crippen molar-refractivity contribution in [2.75, 3.05) is 10.2 Å². The highest BCUT2D eigenvalue weighted by Crippen LogP contribution is 2.22. The van der Waals surface area contributed by atoms with Crippen LogP contribution in [0.15, 0.2) is 72.4 Å². The van der Waals surface area contributed by atoms with Gasteiger partial charge in [-0.1, -0.05) is 36.4 Å². The maximum Gasteiger partial charge on any atom is 0.259 e. The van der Waals surface area contributed by atoms with Gasteiger partial charge in [-0.2, -0.15) is 0 Å². The third kappa shape index (κ3) is 2.84. The van der Waals surface area contributed by atoms with Crippen molar-refractivity contribution in [2.24, 2.45) is 0 Å². The normalized spacial score (nSPS) is 14.9. The molecule has 1 aliphatic rings. The number of hydrogen-bond donors (Lipinski definition) is 1. The van der Waals surface area contributed by atoms with Crippen molar-refractivity contribution in [3.05, 3.63) is 72.4 Å². The summed E-state index contributed by atoms with van der Waals surface area (Å²) in [6.07, 6.45) is 1.65. The Hall–Kier alpha value is -2.88. The monoisotopic (exact) mass is 278 g/mol. The third-order valence-electron chi connectivity index (χ3n) is 3.20. The molecule has 0 saturated carbocycles. The molecule has 0 spiro atoms. The van der Waals surface area contributed by atoms with Crippen LogP contribution in [0.25, 0.3) is 0 Å². The Morgan fingerprint density at radius 2 is 1.48 bits per heavy atom. The second kappa shape index (κ2) is 5.63. The fraction of sp³-hybridized carbons (Fsp3) is 0.0588. The van der Waals surface area contributed by atoms with Gasteiger partial charge in [-0.05, 0) is 24.3 Å². The summed E-state index contributed by atoms with van der Waals surface area (Å²) in [6, 6.07) is 18.4. The number of amides is 2. The summed E-state index contributed by atoms with van der Waals surface area (Å²) in [4.78, 5) is 25.6. The molecule has 0 aromatic heterocycles. The van der Waals surface area contributed by atoms with Crippen molar-refractivity contribution in [1.29, 1.82) is 0 Å². The highest BCUT2D eigenvalue weighted by molar-refractivity contribution is 6.21. The second-order valence-corrected chi connectivity index (χ2v) is 4.74. The lowest BCUT2D eigenvalue weighted by atomic mass is 10.1. The van der Waals surface area contributed by atoms with Crippen LogP contribution in [0.5, 0.6) is 0 Å². The van der Waals surface area contributed by atoms with E-state index in [1.807, 2.05) is 36.4 Å². The molecule has 0 unspecified atom stereocenters. The van der Waals surface area contributed by atoms with Gasteiger partial charge >= 0.3 is 0 Å². The van der Waals surface area contributed by atoms with Gasteiger partial charge in [-0.25, -0.2) is 4.90 Å². The van der Waals surface area contributed by atoms with Crippen LogP contribution in [0.3, 0.4) is 0 Å². The molecule has 1 N–H and O–H groups in total. The minimum atomic E-state index is -0.323. The van der Waals surface area contributed by atoms with E-state index in [4.69, 9.17) is 0 Å². The molecule has 2 aromatic rings. The highest BCUT2D eigenvalue weighted by Gasteiger charge is 2.27. The number of imide groups is 1. The van der Waals surface area contributed by atoms with Gasteiger partial charge in [0.1, 0.15) is 0 Å². The Bertz CT molecular complexity index is 693. The zero-order valence-electron chi connectivity index (χ0n) is 11.3. The Balaban J connectivity index is 1.83. The third-order valence-corrected chi connectivity index (χ3v) is 3.20. The molecule has 1 aliphatic heterocycles. The molecule has 3 rings (SSSR count). The average Bonchev–Trinajstić information content (AvgIpc) is 2.49. The molecule has 104 valence electrons. The number of carbonyl (C=O) groups is 2. The van der Waals surface area contributed by atoms with Crippen LogP contribution >= 0.6 is 0 Å². The number of nitrogens with zero attached hydrogens (tertiary/aromatic N) is 1. The van der Waals surface area contributed by atoms with E-state index in [9.17, 15) is 9.59 Å². The van der Waals surface area contributed by atoms with E-state index in [0.29, 0.717) is 11.4 Å². The average molecular weight is 278 g/mol. The van der Waals surface area contributed by atoms with Gasteiger partial charge in [-0.3, -0.25) is 9.59 Å². The fourth-order valence-electron chi connectivity index (χ4n) is 2.26. The number of hydrogen-bond acceptors (Lipinski definition) is 3. The summed E-state index contributed by atoms with van der Waals surface area (Å²) >= 11 is 0. The summed E-state index contributed by atoms with van der Waals surface area (Å²) in [6.45, 7) is 0. The number of carbonyl (C=O) groups excluding carboxylic acids is 2. The Kier molecular flexibility index (Phi) is 3.51. The van der Waals surface area contributed by atoms with Gasteiger partial charge in [0.2, 0.25) is 5.91 Å². The van der Waals surface area contributed by atoms with Gasteiger partial charge < -0.3 is 5.32 Å². The van der Waals surface area contributed by atoms with Crippen LogP contribution in [0, 0.1) is 0 Å². The van der Waals surface area contributed by atoms with Crippen LogP contribution in [0.2, 0.25) is 0 Å². The first-order valence-corrected chi connectivity index (χ1v) is 6.68. The minimum Gasteiger partial charge on any atom is -0.358 e. The lowest BCUT2D eigenvalue weighted by Crippen LogP contribution is -2.40. The SMILES string of the molecule is O=C1C=C(Nc2ccccc2)CC(=O)N1c1ccccc1. The van der Waals surface area contributed by atoms with Crippen LogP contribution in [-0.2, 0) is 9.59 Å². The lowest BCUT2D eigenvalue weighted by molar-refractivity contribution is -0.124. The number of nitrogens with one attached hydrogen (secondary N) is 1. The largest absolute Gasteiger partial charge is 0.358 e. The smallest absolute Gasteiger partial charge is 0.259 e. The van der Waals surface area contributed by atoms with Crippen LogP contribution in [0.4, 0.5) is 11.4 Å². The number of anilines is 2. The number of benzene rings is 2. The van der Waals surface area contributed by atoms with Gasteiger partial charge in [0, 0.05) is 17.5 Å². The van der Waals surface area contributed by atoms with E-state index in [1.54, 1.807) is 24.3 Å². The highest BCUT2D eigenvalue weighted by atomic mass is 16.2. The first-order valence-electron chi connectivity index (χ1n) is 6.68. The molecule has 1 heterocycles. The quantitative estimate of drug-likeness (QED) is 0.878. The molecule has 0 aliphatic carbocycles. The Morgan fingerprint density at radius 1 is 0.857 bits per heavy atom. The summed E-state index contributed by atoms with van der Waals surface area (Å²) in [5, 5.41) is 3.11. The minimum absolute atomic E-state index is 0.176. The summed E-state index contributed by atoms with van der Waals surface area (Å²) in [5.74, 6) is -0.553. The van der Waals surface area contributed by atoms with Gasteiger partial charge in [0.05, 0.1) is 12.1 Å². The topological polar surface area (TPSA) is 49.4 Å². The van der Waals surface area contributed by atoms with Crippen LogP contribution in [0.1, 0.15) is 6.42 Å². The molecule has 2 aromatic carbocycles. The van der Waals surface area contributed by atoms with E-state index in [0.717, 1.165) is 5.69 Å². The lowest BCUT2D eigenvalue weighted by Gasteiger charge is -2.25. The molecular weight excluding hydrogens is 264 g/mol. The van der Waals surface area contributed by atoms with Crippen LogP contribution < -0.4 is 10.2 Å². The maximum absolute atomic E-state index is 12.2. The standard InChI is InChI=1S/C17H14N2O2/c20-16-11-14(18-13-7-3-1-4-8-13)12-17(21)19(16)15-9-5-2-6-10-15/h1-11,18H,12H2. The van der Waals surface area contributed by atoms with Gasteiger partial charge in [0.15, 0.2) is 0 Å². The molecular formula is C17H14N2O2. The first-order chi connectivity index (χ1) is 10.2. The van der Waals surface area contributed by atoms with E-state index >= 15 is 0 Å². The summed E-state index contributed by atoms with van der Waals surface area (Å²) < 4.78 is 0. The molecule has 4 nitrogen and oxygen atoms in total. The molecule has 0 bridgehead atoms. The first kappa shape index (κ1) is 13.1. The van der Waals surface area contributed by atoms with Crippen molar-refractivity contribution < 1.29 is 9.59 Å². The predicted octanol–water partition coefficient (Wildman–Crippen LogP) is 2.95. The summed E-state index contributed by atoms with van der Waals surface area (Å²) in [5.41, 5.74) is 2.07. The molecule has 0 saturated heterocycles. The van der Waals surface area contributed by atoms with Crippen molar-refractivity contribution in [2.45, 2.75) is 6.42 Å². The van der Waals surface area contributed by atoms with Crippen LogP contribution in [-0.4, -0.2) is 11.8 Å². The van der Waals surface area contributed by atoms with Crippen molar-refractivity contribution in [1.82, 2.24) is 0 Å². The molecule has 21 heavy (non-hydrogen) atoms. The van der Waals surface area contributed by atoms with Crippen molar-refractivity contribution in [3.63, 3.8) is 0 Å². The molecule has 2 amide bonds. The predicted molar refractivity (Wildman–Crippen MR) is 81.7 cm³/mol. The Labute approximate surface area is 122 Å². The van der Waals surface area contributed by atoms with Gasteiger partial charge in [0.25, 0.3) is 5.91 Å². The molecule has 0 radical (unpaired) electrons. The van der Waals surface area contributed by atoms with E-state index in [1.165, 1.54) is 11.0 Å². The Morgan fingerprint density at radius 3 is 2.10 bits per heavy atom. The second-order valence-electron chi connectivity index (χ2n) is 4.74. The molecule has 0 fully saturated rings. The maximum atomic E-state index is 12.2. The fourth-order valence-corrected chi connectivity index (χ4v) is 2.26. The zero-order chi connectivity index (χ0) is 14.7. The van der Waals surface area contributed by atoms with Gasteiger partial charge in [-0.15, -0.1) is 0 Å². The molecule has 4 heteroatoms.